The van der Waals surface area contributed by atoms with Gasteiger partial charge in [-0.05, 0) is 50.2 Å². The summed E-state index contributed by atoms with van der Waals surface area (Å²) in [6.45, 7) is 3.05. The van der Waals surface area contributed by atoms with Crippen LogP contribution < -0.4 is 14.8 Å². The van der Waals surface area contributed by atoms with E-state index < -0.39 is 30.6 Å². The van der Waals surface area contributed by atoms with Gasteiger partial charge in [0.15, 0.2) is 18.1 Å². The lowest BCUT2D eigenvalue weighted by atomic mass is 10.2. The maximum absolute atomic E-state index is 12.1. The van der Waals surface area contributed by atoms with Crippen molar-refractivity contribution in [2.75, 3.05) is 18.5 Å². The molecule has 0 unspecified atom stereocenters. The molecule has 0 bridgehead atoms. The van der Waals surface area contributed by atoms with Gasteiger partial charge in [0.05, 0.1) is 11.7 Å². The van der Waals surface area contributed by atoms with Crippen LogP contribution >= 0.6 is 0 Å². The summed E-state index contributed by atoms with van der Waals surface area (Å²) in [6.07, 6.45) is -1.16. The van der Waals surface area contributed by atoms with E-state index in [4.69, 9.17) is 18.9 Å². The Morgan fingerprint density at radius 3 is 2.45 bits per heavy atom. The third-order valence-electron chi connectivity index (χ3n) is 3.86. The van der Waals surface area contributed by atoms with E-state index in [0.717, 1.165) is 0 Å². The van der Waals surface area contributed by atoms with Crippen LogP contribution in [0.2, 0.25) is 0 Å². The topological polar surface area (TPSA) is 100 Å². The number of rotatable bonds is 6. The van der Waals surface area contributed by atoms with Crippen LogP contribution in [0.15, 0.2) is 48.5 Å². The number of carbonyl (C=O) groups excluding carboxylic acids is 3. The second-order valence-electron chi connectivity index (χ2n) is 6.55. The van der Waals surface area contributed by atoms with E-state index in [2.05, 4.69) is 5.32 Å². The van der Waals surface area contributed by atoms with Crippen molar-refractivity contribution in [2.24, 2.45) is 0 Å². The molecule has 1 N–H and O–H groups in total. The fourth-order valence-electron chi connectivity index (χ4n) is 2.53. The van der Waals surface area contributed by atoms with Crippen LogP contribution in [0.5, 0.6) is 11.5 Å². The minimum absolute atomic E-state index is 0.00536. The van der Waals surface area contributed by atoms with Crippen molar-refractivity contribution in [3.63, 3.8) is 0 Å². The zero-order valence-electron chi connectivity index (χ0n) is 16.0. The van der Waals surface area contributed by atoms with Crippen LogP contribution in [0.4, 0.5) is 5.69 Å². The maximum Gasteiger partial charge on any atom is 0.351 e. The quantitative estimate of drug-likeness (QED) is 0.745. The summed E-state index contributed by atoms with van der Waals surface area (Å²) < 4.78 is 21.1. The number of para-hydroxylation sites is 2. The molecule has 1 atom stereocenters. The molecule has 0 saturated heterocycles. The first kappa shape index (κ1) is 20.2. The highest BCUT2D eigenvalue weighted by Crippen LogP contribution is 2.31. The maximum atomic E-state index is 12.1. The summed E-state index contributed by atoms with van der Waals surface area (Å²) in [5.74, 6) is -0.659. The van der Waals surface area contributed by atoms with E-state index in [1.54, 1.807) is 50.2 Å². The van der Waals surface area contributed by atoms with Gasteiger partial charge in [-0.1, -0.05) is 12.1 Å². The largest absolute Gasteiger partial charge is 0.485 e. The molecule has 8 heteroatoms. The number of hydrogen-bond acceptors (Lipinski definition) is 7. The Labute approximate surface area is 167 Å². The van der Waals surface area contributed by atoms with Crippen LogP contribution in [0.1, 0.15) is 24.2 Å². The molecule has 0 saturated carbocycles. The predicted molar refractivity (Wildman–Crippen MR) is 103 cm³/mol. The molecule has 8 nitrogen and oxygen atoms in total. The van der Waals surface area contributed by atoms with E-state index in [9.17, 15) is 14.4 Å². The summed E-state index contributed by atoms with van der Waals surface area (Å²) in [5.41, 5.74) is 0.830. The number of fused-ring (bicyclic) bond motifs is 1. The number of nitrogens with one attached hydrogen (secondary N) is 1. The minimum Gasteiger partial charge on any atom is -0.485 e. The minimum atomic E-state index is -0.941. The van der Waals surface area contributed by atoms with E-state index >= 15 is 0 Å². The SMILES string of the molecule is CC(C)OC(=O)c1ccc(NC(=O)COC(=O)[C@H]2COc3ccccc3O2)cc1. The molecule has 152 valence electrons. The van der Waals surface area contributed by atoms with Crippen LogP contribution in [0.25, 0.3) is 0 Å². The first-order chi connectivity index (χ1) is 13.9. The molecule has 3 rings (SSSR count). The molecule has 0 aliphatic carbocycles. The summed E-state index contributed by atoms with van der Waals surface area (Å²) in [5, 5.41) is 2.58. The van der Waals surface area contributed by atoms with Crippen LogP contribution in [0.3, 0.4) is 0 Å². The number of benzene rings is 2. The van der Waals surface area contributed by atoms with E-state index in [1.165, 1.54) is 12.1 Å². The average molecular weight is 399 g/mol. The Morgan fingerprint density at radius 1 is 1.07 bits per heavy atom. The van der Waals surface area contributed by atoms with Crippen molar-refractivity contribution in [3.05, 3.63) is 54.1 Å². The summed E-state index contributed by atoms with van der Waals surface area (Å²) in [7, 11) is 0. The summed E-state index contributed by atoms with van der Waals surface area (Å²) >= 11 is 0. The van der Waals surface area contributed by atoms with Gasteiger partial charge in [0.25, 0.3) is 5.91 Å². The van der Waals surface area contributed by atoms with Gasteiger partial charge in [-0.15, -0.1) is 0 Å². The molecule has 2 aromatic carbocycles. The van der Waals surface area contributed by atoms with Gasteiger partial charge in [-0.25, -0.2) is 9.59 Å². The fourth-order valence-corrected chi connectivity index (χ4v) is 2.53. The molecule has 2 aromatic rings. The van der Waals surface area contributed by atoms with Crippen molar-refractivity contribution in [3.8, 4) is 11.5 Å². The molecule has 1 amide bonds. The molecule has 0 radical (unpaired) electrons. The molecule has 0 aromatic heterocycles. The van der Waals surface area contributed by atoms with Crippen molar-refractivity contribution < 1.29 is 33.3 Å². The van der Waals surface area contributed by atoms with Crippen molar-refractivity contribution in [1.82, 2.24) is 0 Å². The molecule has 1 heterocycles. The van der Waals surface area contributed by atoms with Gasteiger partial charge in [0.2, 0.25) is 6.10 Å². The van der Waals surface area contributed by atoms with E-state index in [0.29, 0.717) is 22.7 Å². The summed E-state index contributed by atoms with van der Waals surface area (Å²) in [4.78, 5) is 35.9. The van der Waals surface area contributed by atoms with E-state index in [-0.39, 0.29) is 12.7 Å². The molecule has 1 aliphatic heterocycles. The highest BCUT2D eigenvalue weighted by atomic mass is 16.6. The predicted octanol–water partition coefficient (Wildman–Crippen LogP) is 2.57. The number of ether oxygens (including phenoxy) is 4. The Balaban J connectivity index is 1.46. The normalized spacial score (nSPS) is 14.8. The Morgan fingerprint density at radius 2 is 1.76 bits per heavy atom. The van der Waals surface area contributed by atoms with Crippen molar-refractivity contribution in [1.29, 1.82) is 0 Å². The first-order valence-electron chi connectivity index (χ1n) is 9.08. The Bertz CT molecular complexity index is 892. The molecule has 0 spiro atoms. The second kappa shape index (κ2) is 9.09. The molecule has 0 fully saturated rings. The van der Waals surface area contributed by atoms with Gasteiger partial charge in [0.1, 0.15) is 6.61 Å². The van der Waals surface area contributed by atoms with Crippen LogP contribution in [-0.4, -0.2) is 43.3 Å². The third-order valence-corrected chi connectivity index (χ3v) is 3.86. The smallest absolute Gasteiger partial charge is 0.351 e. The number of carbonyl (C=O) groups is 3. The number of esters is 2. The zero-order valence-corrected chi connectivity index (χ0v) is 16.0. The second-order valence-corrected chi connectivity index (χ2v) is 6.55. The van der Waals surface area contributed by atoms with Crippen molar-refractivity contribution in [2.45, 2.75) is 26.1 Å². The zero-order chi connectivity index (χ0) is 20.8. The van der Waals surface area contributed by atoms with Crippen LogP contribution in [0, 0.1) is 0 Å². The lowest BCUT2D eigenvalue weighted by Gasteiger charge is -2.24. The lowest BCUT2D eigenvalue weighted by Crippen LogP contribution is -2.39. The number of amides is 1. The van der Waals surface area contributed by atoms with E-state index in [1.807, 2.05) is 0 Å². The van der Waals surface area contributed by atoms with Crippen LogP contribution in [-0.2, 0) is 19.1 Å². The number of anilines is 1. The lowest BCUT2D eigenvalue weighted by molar-refractivity contribution is -0.156. The molecular weight excluding hydrogens is 378 g/mol. The standard InChI is InChI=1S/C21H21NO7/c1-13(2)28-20(24)14-7-9-15(10-8-14)22-19(23)12-27-21(25)18-11-26-16-5-3-4-6-17(16)29-18/h3-10,13,18H,11-12H2,1-2H3,(H,22,23)/t18-/m1/s1. The Hall–Kier alpha value is -3.55. The molecule has 29 heavy (non-hydrogen) atoms. The summed E-state index contributed by atoms with van der Waals surface area (Å²) in [6, 6.07) is 13.2. The first-order valence-corrected chi connectivity index (χ1v) is 9.08. The van der Waals surface area contributed by atoms with Gasteiger partial charge < -0.3 is 24.3 Å². The average Bonchev–Trinajstić information content (AvgIpc) is 2.71. The molecular formula is C21H21NO7. The molecule has 1 aliphatic rings. The number of hydrogen-bond donors (Lipinski definition) is 1. The highest BCUT2D eigenvalue weighted by molar-refractivity contribution is 5.94. The third kappa shape index (κ3) is 5.47. The van der Waals surface area contributed by atoms with Gasteiger partial charge in [-0.2, -0.15) is 0 Å². The van der Waals surface area contributed by atoms with Gasteiger partial charge >= 0.3 is 11.9 Å². The Kier molecular flexibility index (Phi) is 6.33. The highest BCUT2D eigenvalue weighted by Gasteiger charge is 2.29. The van der Waals surface area contributed by atoms with Gasteiger partial charge in [0, 0.05) is 5.69 Å². The fraction of sp³-hybridized carbons (Fsp3) is 0.286. The monoisotopic (exact) mass is 399 g/mol. The van der Waals surface area contributed by atoms with Crippen molar-refractivity contribution >= 4 is 23.5 Å². The van der Waals surface area contributed by atoms with Gasteiger partial charge in [-0.3, -0.25) is 4.79 Å².